The van der Waals surface area contributed by atoms with Crippen LogP contribution in [0.1, 0.15) is 5.56 Å². The van der Waals surface area contributed by atoms with Gasteiger partial charge in [-0.2, -0.15) is 0 Å². The maximum Gasteiger partial charge on any atom is 0.350 e. The highest BCUT2D eigenvalue weighted by Crippen LogP contribution is 2.10. The fourth-order valence-corrected chi connectivity index (χ4v) is 1.20. The molecule has 7 N–H and O–H groups in total. The number of urea groups is 2. The van der Waals surface area contributed by atoms with E-state index in [9.17, 15) is 9.59 Å². The van der Waals surface area contributed by atoms with E-state index in [4.69, 9.17) is 10.9 Å². The van der Waals surface area contributed by atoms with Crippen molar-refractivity contribution in [3.8, 4) is 5.75 Å². The lowest BCUT2D eigenvalue weighted by Crippen LogP contribution is -2.55. The van der Waals surface area contributed by atoms with Gasteiger partial charge in [-0.15, -0.1) is 0 Å². The molecule has 0 aromatic heterocycles. The van der Waals surface area contributed by atoms with E-state index in [0.717, 1.165) is 10.6 Å². The van der Waals surface area contributed by atoms with Crippen LogP contribution in [0.25, 0.3) is 0 Å². The zero-order valence-corrected chi connectivity index (χ0v) is 10.3. The molecule has 9 heteroatoms. The number of nitrogens with one attached hydrogen (secondary N) is 4. The van der Waals surface area contributed by atoms with Crippen molar-refractivity contribution in [3.05, 3.63) is 29.8 Å². The van der Waals surface area contributed by atoms with Crippen LogP contribution in [0.5, 0.6) is 5.75 Å². The first kappa shape index (κ1) is 14.5. The van der Waals surface area contributed by atoms with E-state index < -0.39 is 12.1 Å². The highest BCUT2D eigenvalue weighted by molar-refractivity contribution is 5.79. The van der Waals surface area contributed by atoms with Gasteiger partial charge in [-0.1, -0.05) is 12.1 Å². The monoisotopic (exact) mass is 268 g/mol. The van der Waals surface area contributed by atoms with Crippen molar-refractivity contribution < 1.29 is 14.7 Å². The Bertz CT molecular complexity index is 435. The van der Waals surface area contributed by atoms with E-state index in [1.807, 2.05) is 0 Å². The summed E-state index contributed by atoms with van der Waals surface area (Å²) in [7, 11) is 1.50. The van der Waals surface area contributed by atoms with Crippen LogP contribution in [-0.4, -0.2) is 29.2 Å². The number of hydrogen-bond donors (Lipinski definition) is 6. The molecule has 104 valence electrons. The number of aromatic hydroxyl groups is 1. The Morgan fingerprint density at radius 2 is 1.84 bits per heavy atom. The molecule has 0 aliphatic carbocycles. The highest BCUT2D eigenvalue weighted by atomic mass is 16.3. The molecule has 0 radical (unpaired) electrons. The van der Waals surface area contributed by atoms with Crippen LogP contribution >= 0.6 is 0 Å². The molecule has 0 spiro atoms. The van der Waals surface area contributed by atoms with Crippen LogP contribution in [-0.2, 0) is 6.54 Å². The van der Waals surface area contributed by atoms with Crippen molar-refractivity contribution in [3.63, 3.8) is 0 Å². The van der Waals surface area contributed by atoms with E-state index in [-0.39, 0.29) is 12.3 Å². The van der Waals surface area contributed by atoms with Gasteiger partial charge in [-0.05, 0) is 17.7 Å². The molecule has 0 saturated carbocycles. The number of carbonyl (C=O) groups is 2. The molecule has 0 aliphatic heterocycles. The Balaban J connectivity index is 2.40. The first-order chi connectivity index (χ1) is 9.02. The number of benzene rings is 1. The van der Waals surface area contributed by atoms with E-state index in [2.05, 4.69) is 21.7 Å². The van der Waals surface area contributed by atoms with Gasteiger partial charge in [0.15, 0.2) is 0 Å². The maximum atomic E-state index is 11.5. The standard InChI is InChI=1S/C10H16N6O3/c1-12-13-9(18)14-15-10(19)16(11)6-7-2-4-8(17)5-3-7/h2-5,12,17H,6,11H2,1H3,(H,15,19)(H2,13,14,18). The molecule has 0 fully saturated rings. The van der Waals surface area contributed by atoms with Crippen molar-refractivity contribution in [2.75, 3.05) is 7.05 Å². The van der Waals surface area contributed by atoms with E-state index in [1.165, 1.54) is 19.2 Å². The van der Waals surface area contributed by atoms with Gasteiger partial charge in [0.1, 0.15) is 5.75 Å². The molecule has 0 aliphatic rings. The highest BCUT2D eigenvalue weighted by Gasteiger charge is 2.10. The van der Waals surface area contributed by atoms with Gasteiger partial charge < -0.3 is 5.11 Å². The molecule has 1 rings (SSSR count). The third-order valence-corrected chi connectivity index (χ3v) is 2.07. The first-order valence-corrected chi connectivity index (χ1v) is 5.35. The van der Waals surface area contributed by atoms with Crippen LogP contribution < -0.4 is 27.5 Å². The molecule has 19 heavy (non-hydrogen) atoms. The van der Waals surface area contributed by atoms with Crippen LogP contribution in [0.2, 0.25) is 0 Å². The van der Waals surface area contributed by atoms with Gasteiger partial charge in [-0.25, -0.2) is 31.7 Å². The fraction of sp³-hybridized carbons (Fsp3) is 0.200. The summed E-state index contributed by atoms with van der Waals surface area (Å²) in [5.41, 5.74) is 9.50. The molecular weight excluding hydrogens is 252 g/mol. The minimum absolute atomic E-state index is 0.126. The smallest absolute Gasteiger partial charge is 0.350 e. The van der Waals surface area contributed by atoms with E-state index >= 15 is 0 Å². The molecule has 0 heterocycles. The Kier molecular flexibility index (Phi) is 5.38. The predicted molar refractivity (Wildman–Crippen MR) is 67.1 cm³/mol. The number of amides is 4. The minimum Gasteiger partial charge on any atom is -0.508 e. The van der Waals surface area contributed by atoms with Crippen molar-refractivity contribution in [1.29, 1.82) is 0 Å². The molecule has 0 atom stereocenters. The molecule has 0 unspecified atom stereocenters. The Morgan fingerprint density at radius 1 is 1.21 bits per heavy atom. The summed E-state index contributed by atoms with van der Waals surface area (Å²) in [4.78, 5) is 22.5. The Hall–Kier alpha value is -2.52. The molecule has 0 bridgehead atoms. The summed E-state index contributed by atoms with van der Waals surface area (Å²) in [6.07, 6.45) is 0. The number of rotatable bonds is 3. The number of hydrogen-bond acceptors (Lipinski definition) is 5. The van der Waals surface area contributed by atoms with Crippen molar-refractivity contribution in [2.45, 2.75) is 6.54 Å². The lowest BCUT2D eigenvalue weighted by atomic mass is 10.2. The Labute approximate surface area is 109 Å². The van der Waals surface area contributed by atoms with Gasteiger partial charge in [0, 0.05) is 7.05 Å². The molecular formula is C10H16N6O3. The van der Waals surface area contributed by atoms with Crippen LogP contribution in [0.4, 0.5) is 9.59 Å². The SMILES string of the molecule is CNNC(=O)NNC(=O)N(N)Cc1ccc(O)cc1. The molecule has 4 amide bonds. The molecule has 9 nitrogen and oxygen atoms in total. The summed E-state index contributed by atoms with van der Waals surface area (Å²) in [6, 6.07) is 4.92. The zero-order chi connectivity index (χ0) is 14.3. The predicted octanol–water partition coefficient (Wildman–Crippen LogP) is -0.874. The topological polar surface area (TPSA) is 132 Å². The number of hydrazine groups is 3. The lowest BCUT2D eigenvalue weighted by Gasteiger charge is -2.17. The van der Waals surface area contributed by atoms with Crippen LogP contribution in [0.3, 0.4) is 0 Å². The second-order valence-electron chi connectivity index (χ2n) is 3.55. The third kappa shape index (κ3) is 5.10. The van der Waals surface area contributed by atoms with Crippen molar-refractivity contribution in [2.24, 2.45) is 5.84 Å². The number of nitrogens with zero attached hydrogens (tertiary/aromatic N) is 1. The summed E-state index contributed by atoms with van der Waals surface area (Å²) in [6.45, 7) is 0.126. The van der Waals surface area contributed by atoms with Gasteiger partial charge in [-0.3, -0.25) is 10.4 Å². The number of phenols is 1. The normalized spacial score (nSPS) is 9.58. The van der Waals surface area contributed by atoms with Gasteiger partial charge >= 0.3 is 12.1 Å². The minimum atomic E-state index is -0.681. The zero-order valence-electron chi connectivity index (χ0n) is 10.3. The molecule has 1 aromatic carbocycles. The average molecular weight is 268 g/mol. The summed E-state index contributed by atoms with van der Waals surface area (Å²) in [5.74, 6) is 5.65. The summed E-state index contributed by atoms with van der Waals surface area (Å²) < 4.78 is 0. The van der Waals surface area contributed by atoms with Crippen LogP contribution in [0.15, 0.2) is 24.3 Å². The summed E-state index contributed by atoms with van der Waals surface area (Å²) >= 11 is 0. The van der Waals surface area contributed by atoms with E-state index in [1.54, 1.807) is 12.1 Å². The largest absolute Gasteiger partial charge is 0.508 e. The van der Waals surface area contributed by atoms with Gasteiger partial charge in [0.05, 0.1) is 6.54 Å². The van der Waals surface area contributed by atoms with Crippen molar-refractivity contribution >= 4 is 12.1 Å². The van der Waals surface area contributed by atoms with Crippen LogP contribution in [0, 0.1) is 0 Å². The third-order valence-electron chi connectivity index (χ3n) is 2.07. The maximum absolute atomic E-state index is 11.5. The van der Waals surface area contributed by atoms with Gasteiger partial charge in [0.25, 0.3) is 0 Å². The summed E-state index contributed by atoms with van der Waals surface area (Å²) in [5, 5.41) is 9.99. The lowest BCUT2D eigenvalue weighted by molar-refractivity contribution is 0.188. The Morgan fingerprint density at radius 3 is 2.42 bits per heavy atom. The van der Waals surface area contributed by atoms with E-state index in [0.29, 0.717) is 0 Å². The number of phenolic OH excluding ortho intramolecular Hbond substituents is 1. The van der Waals surface area contributed by atoms with Gasteiger partial charge in [0.2, 0.25) is 0 Å². The second-order valence-corrected chi connectivity index (χ2v) is 3.55. The average Bonchev–Trinajstić information content (AvgIpc) is 2.39. The molecule has 0 saturated heterocycles. The quantitative estimate of drug-likeness (QED) is 0.241. The fourth-order valence-electron chi connectivity index (χ4n) is 1.20. The number of carbonyl (C=O) groups excluding carboxylic acids is 2. The number of nitrogens with two attached hydrogens (primary N) is 1. The first-order valence-electron chi connectivity index (χ1n) is 5.35. The van der Waals surface area contributed by atoms with Crippen molar-refractivity contribution in [1.82, 2.24) is 26.7 Å². The second kappa shape index (κ2) is 7.03. The molecule has 1 aromatic rings.